The minimum Gasteiger partial charge on any atom is -0.366 e. The summed E-state index contributed by atoms with van der Waals surface area (Å²) in [5.41, 5.74) is 7.18. The van der Waals surface area contributed by atoms with Gasteiger partial charge >= 0.3 is 0 Å². The number of nitrogens with one attached hydrogen (secondary N) is 1. The van der Waals surface area contributed by atoms with Crippen molar-refractivity contribution in [2.75, 3.05) is 11.4 Å². The van der Waals surface area contributed by atoms with Crippen LogP contribution in [-0.2, 0) is 4.79 Å². The van der Waals surface area contributed by atoms with E-state index in [1.54, 1.807) is 0 Å². The summed E-state index contributed by atoms with van der Waals surface area (Å²) in [5, 5.41) is 3.53. The van der Waals surface area contributed by atoms with Crippen LogP contribution in [0.2, 0.25) is 0 Å². The Kier molecular flexibility index (Phi) is 5.73. The van der Waals surface area contributed by atoms with Crippen LogP contribution >= 0.6 is 11.8 Å². The highest BCUT2D eigenvalue weighted by atomic mass is 32.2. The second-order valence-corrected chi connectivity index (χ2v) is 10.3. The van der Waals surface area contributed by atoms with Crippen molar-refractivity contribution in [1.82, 2.24) is 5.32 Å². The van der Waals surface area contributed by atoms with Gasteiger partial charge in [0.25, 0.3) is 5.91 Å². The van der Waals surface area contributed by atoms with Gasteiger partial charge in [0, 0.05) is 17.8 Å². The summed E-state index contributed by atoms with van der Waals surface area (Å²) in [5.74, 6) is 0.395. The molecule has 162 valence electrons. The molecular formula is C26H31N3OS. The molecule has 0 bridgehead atoms. The van der Waals surface area contributed by atoms with E-state index in [1.165, 1.54) is 34.1 Å². The third kappa shape index (κ3) is 4.29. The van der Waals surface area contributed by atoms with Gasteiger partial charge < -0.3 is 10.2 Å². The highest BCUT2D eigenvalue weighted by molar-refractivity contribution is 8.18. The van der Waals surface area contributed by atoms with Crippen LogP contribution in [0.5, 0.6) is 0 Å². The van der Waals surface area contributed by atoms with E-state index in [2.05, 4.69) is 62.0 Å². The molecule has 1 N–H and O–H groups in total. The fourth-order valence-corrected chi connectivity index (χ4v) is 5.60. The molecule has 0 spiro atoms. The smallest absolute Gasteiger partial charge is 0.264 e. The second kappa shape index (κ2) is 8.19. The van der Waals surface area contributed by atoms with E-state index in [4.69, 9.17) is 0 Å². The van der Waals surface area contributed by atoms with Crippen molar-refractivity contribution in [1.29, 1.82) is 0 Å². The quantitative estimate of drug-likeness (QED) is 0.577. The molecule has 2 aliphatic rings. The SMILES string of the molecule is CCN1c2cc(C)c(/C=C3\SC(=Nc4ccc(C)cc4)NC3=O)cc2[C@H](C)CC1(C)C. The molecule has 2 heterocycles. The lowest BCUT2D eigenvalue weighted by Crippen LogP contribution is -2.48. The number of nitrogens with zero attached hydrogens (tertiary/aromatic N) is 2. The normalized spacial score (nSPS) is 22.7. The van der Waals surface area contributed by atoms with Crippen LogP contribution in [0, 0.1) is 13.8 Å². The average Bonchev–Trinajstić information content (AvgIpc) is 3.03. The van der Waals surface area contributed by atoms with Crippen LogP contribution in [0.4, 0.5) is 11.4 Å². The number of hydrogen-bond donors (Lipinski definition) is 1. The molecule has 1 fully saturated rings. The van der Waals surface area contributed by atoms with Crippen LogP contribution in [0.15, 0.2) is 46.3 Å². The maximum atomic E-state index is 12.6. The van der Waals surface area contributed by atoms with Gasteiger partial charge in [-0.05, 0) is 106 Å². The third-order valence-corrected chi connectivity index (χ3v) is 7.20. The van der Waals surface area contributed by atoms with Crippen molar-refractivity contribution in [3.63, 3.8) is 0 Å². The number of aliphatic imine (C=N–C) groups is 1. The lowest BCUT2D eigenvalue weighted by molar-refractivity contribution is -0.115. The molecule has 31 heavy (non-hydrogen) atoms. The van der Waals surface area contributed by atoms with Gasteiger partial charge in [-0.1, -0.05) is 24.6 Å². The molecule has 2 aromatic rings. The summed E-state index contributed by atoms with van der Waals surface area (Å²) in [6.45, 7) is 14.4. The van der Waals surface area contributed by atoms with Crippen LogP contribution in [0.3, 0.4) is 0 Å². The first kappa shape index (κ1) is 21.7. The molecule has 0 aliphatic carbocycles. The Morgan fingerprint density at radius 2 is 1.94 bits per heavy atom. The van der Waals surface area contributed by atoms with Crippen LogP contribution < -0.4 is 10.2 Å². The standard InChI is InChI=1S/C26H31N3OS/c1-7-29-22-12-17(3)19(13-21(22)18(4)15-26(29,5)6)14-23-24(30)28-25(31-23)27-20-10-8-16(2)9-11-20/h8-14,18H,7,15H2,1-6H3,(H,27,28,30)/b23-14-/t18-/m1/s1. The number of anilines is 1. The van der Waals surface area contributed by atoms with Crippen LogP contribution in [0.25, 0.3) is 6.08 Å². The molecule has 0 saturated carbocycles. The first-order valence-corrected chi connectivity index (χ1v) is 11.8. The molecule has 5 heteroatoms. The summed E-state index contributed by atoms with van der Waals surface area (Å²) in [7, 11) is 0. The van der Waals surface area contributed by atoms with Crippen LogP contribution in [0.1, 0.15) is 62.3 Å². The maximum Gasteiger partial charge on any atom is 0.264 e. The lowest BCUT2D eigenvalue weighted by Gasteiger charge is -2.47. The molecule has 0 radical (unpaired) electrons. The van der Waals surface area contributed by atoms with E-state index in [1.807, 2.05) is 37.3 Å². The minimum absolute atomic E-state index is 0.0858. The van der Waals surface area contributed by atoms with Gasteiger partial charge in [-0.3, -0.25) is 4.79 Å². The van der Waals surface area contributed by atoms with Crippen molar-refractivity contribution in [3.05, 3.63) is 63.6 Å². The maximum absolute atomic E-state index is 12.6. The Morgan fingerprint density at radius 1 is 1.23 bits per heavy atom. The Labute approximate surface area is 189 Å². The van der Waals surface area contributed by atoms with Crippen molar-refractivity contribution in [3.8, 4) is 0 Å². The first-order valence-electron chi connectivity index (χ1n) is 11.0. The Balaban J connectivity index is 1.66. The molecule has 1 saturated heterocycles. The molecule has 0 aromatic heterocycles. The number of hydrogen-bond acceptors (Lipinski definition) is 4. The number of thioether (sulfide) groups is 1. The number of carbonyl (C=O) groups is 1. The van der Waals surface area contributed by atoms with Gasteiger partial charge in [-0.2, -0.15) is 0 Å². The van der Waals surface area contributed by atoms with E-state index >= 15 is 0 Å². The number of carbonyl (C=O) groups excluding carboxylic acids is 1. The Morgan fingerprint density at radius 3 is 2.61 bits per heavy atom. The van der Waals surface area contributed by atoms with Crippen LogP contribution in [-0.4, -0.2) is 23.2 Å². The molecule has 0 unspecified atom stereocenters. The van der Waals surface area contributed by atoms with E-state index in [-0.39, 0.29) is 11.4 Å². The van der Waals surface area contributed by atoms with Crippen molar-refractivity contribution in [2.24, 2.45) is 4.99 Å². The average molecular weight is 434 g/mol. The predicted octanol–water partition coefficient (Wildman–Crippen LogP) is 6.31. The van der Waals surface area contributed by atoms with Crippen molar-refractivity contribution < 1.29 is 4.79 Å². The number of rotatable bonds is 3. The van der Waals surface area contributed by atoms with E-state index in [0.29, 0.717) is 16.0 Å². The molecule has 4 rings (SSSR count). The number of amides is 1. The monoisotopic (exact) mass is 433 g/mol. The predicted molar refractivity (Wildman–Crippen MR) is 133 cm³/mol. The first-order chi connectivity index (χ1) is 14.7. The highest BCUT2D eigenvalue weighted by Crippen LogP contribution is 2.44. The Bertz CT molecular complexity index is 1080. The largest absolute Gasteiger partial charge is 0.366 e. The molecule has 4 nitrogen and oxygen atoms in total. The zero-order valence-electron chi connectivity index (χ0n) is 19.2. The number of amidine groups is 1. The second-order valence-electron chi connectivity index (χ2n) is 9.25. The van der Waals surface area contributed by atoms with Gasteiger partial charge in [0.2, 0.25) is 0 Å². The summed E-state index contributed by atoms with van der Waals surface area (Å²) in [6.07, 6.45) is 3.13. The number of aryl methyl sites for hydroxylation is 2. The fourth-order valence-electron chi connectivity index (χ4n) is 4.76. The van der Waals surface area contributed by atoms with Gasteiger partial charge in [0.15, 0.2) is 5.17 Å². The van der Waals surface area contributed by atoms with Gasteiger partial charge in [-0.15, -0.1) is 0 Å². The summed E-state index contributed by atoms with van der Waals surface area (Å²) >= 11 is 1.40. The minimum atomic E-state index is -0.0858. The van der Waals surface area contributed by atoms with Crippen molar-refractivity contribution in [2.45, 2.75) is 59.4 Å². The molecule has 2 aliphatic heterocycles. The van der Waals surface area contributed by atoms with E-state index in [9.17, 15) is 4.79 Å². The lowest BCUT2D eigenvalue weighted by atomic mass is 9.79. The van der Waals surface area contributed by atoms with E-state index < -0.39 is 0 Å². The van der Waals surface area contributed by atoms with E-state index in [0.717, 1.165) is 24.2 Å². The topological polar surface area (TPSA) is 44.7 Å². The third-order valence-electron chi connectivity index (χ3n) is 6.29. The molecule has 2 aromatic carbocycles. The van der Waals surface area contributed by atoms with Gasteiger partial charge in [0.05, 0.1) is 10.6 Å². The molecular weight excluding hydrogens is 402 g/mol. The molecule has 1 amide bonds. The van der Waals surface area contributed by atoms with Crippen molar-refractivity contribution >= 4 is 40.3 Å². The Hall–Kier alpha value is -2.53. The summed E-state index contributed by atoms with van der Waals surface area (Å²) in [4.78, 5) is 20.4. The number of benzene rings is 2. The zero-order valence-corrected chi connectivity index (χ0v) is 20.1. The van der Waals surface area contributed by atoms with Gasteiger partial charge in [0.1, 0.15) is 0 Å². The number of fused-ring (bicyclic) bond motifs is 1. The highest BCUT2D eigenvalue weighted by Gasteiger charge is 2.35. The summed E-state index contributed by atoms with van der Waals surface area (Å²) in [6, 6.07) is 12.6. The molecule has 1 atom stereocenters. The van der Waals surface area contributed by atoms with Gasteiger partial charge in [-0.25, -0.2) is 4.99 Å². The zero-order chi connectivity index (χ0) is 22.3. The summed E-state index contributed by atoms with van der Waals surface area (Å²) < 4.78 is 0. The fraction of sp³-hybridized carbons (Fsp3) is 0.385.